The first-order chi connectivity index (χ1) is 15.3. The summed E-state index contributed by atoms with van der Waals surface area (Å²) in [5.41, 5.74) is 0.816. The van der Waals surface area contributed by atoms with E-state index >= 15 is 0 Å². The van der Waals surface area contributed by atoms with Gasteiger partial charge in [-0.3, -0.25) is 4.79 Å². The Balaban J connectivity index is 1.58. The lowest BCUT2D eigenvalue weighted by molar-refractivity contribution is -0.119. The van der Waals surface area contributed by atoms with Crippen molar-refractivity contribution in [3.63, 3.8) is 0 Å². The fraction of sp³-hybridized carbons (Fsp3) is 0.136. The van der Waals surface area contributed by atoms with Crippen molar-refractivity contribution >= 4 is 33.4 Å². The number of ether oxygens (including phenoxy) is 2. The molecule has 0 radical (unpaired) electrons. The molecule has 1 heterocycles. The molecule has 0 atom stereocenters. The second-order valence-corrected chi connectivity index (χ2v) is 8.53. The molecule has 0 fully saturated rings. The van der Waals surface area contributed by atoms with Gasteiger partial charge in [-0.2, -0.15) is 0 Å². The first-order valence-electron chi connectivity index (χ1n) is 9.29. The summed E-state index contributed by atoms with van der Waals surface area (Å²) in [6.45, 7) is -0.622. The van der Waals surface area contributed by atoms with Crippen LogP contribution < -0.4 is 5.32 Å². The largest absolute Gasteiger partial charge is 0.465 e. The van der Waals surface area contributed by atoms with Crippen LogP contribution >= 0.6 is 0 Å². The quantitative estimate of drug-likeness (QED) is 0.511. The number of rotatable bonds is 8. The van der Waals surface area contributed by atoms with Crippen LogP contribution in [0.2, 0.25) is 0 Å². The zero-order chi connectivity index (χ0) is 23.1. The highest BCUT2D eigenvalue weighted by atomic mass is 32.2. The first-order valence-corrected chi connectivity index (χ1v) is 10.9. The van der Waals surface area contributed by atoms with Gasteiger partial charge in [0, 0.05) is 11.3 Å². The fourth-order valence-electron chi connectivity index (χ4n) is 2.75. The number of anilines is 1. The number of methoxy groups -OCH3 is 1. The van der Waals surface area contributed by atoms with Gasteiger partial charge in [-0.25, -0.2) is 18.0 Å². The monoisotopic (exact) mass is 457 g/mol. The molecule has 166 valence electrons. The molecule has 9 nitrogen and oxygen atoms in total. The summed E-state index contributed by atoms with van der Waals surface area (Å²) < 4.78 is 39.7. The summed E-state index contributed by atoms with van der Waals surface area (Å²) >= 11 is 0. The van der Waals surface area contributed by atoms with Crippen LogP contribution in [-0.2, 0) is 29.9 Å². The number of hydrogen-bond donors (Lipinski definition) is 1. The van der Waals surface area contributed by atoms with Crippen molar-refractivity contribution in [2.24, 2.45) is 0 Å². The summed E-state index contributed by atoms with van der Waals surface area (Å²) in [5.74, 6) is -2.87. The molecular formula is C22H19NO8S. The lowest BCUT2D eigenvalue weighted by Crippen LogP contribution is -2.21. The minimum Gasteiger partial charge on any atom is -0.465 e. The van der Waals surface area contributed by atoms with Gasteiger partial charge in [-0.05, 0) is 42.5 Å². The van der Waals surface area contributed by atoms with Gasteiger partial charge in [0.1, 0.15) is 0 Å². The maximum Gasteiger partial charge on any atom is 0.375 e. The number of hydrogen-bond acceptors (Lipinski definition) is 8. The highest BCUT2D eigenvalue weighted by molar-refractivity contribution is 7.90. The number of sulfone groups is 1. The average molecular weight is 457 g/mol. The molecule has 0 aliphatic carbocycles. The lowest BCUT2D eigenvalue weighted by atomic mass is 10.2. The van der Waals surface area contributed by atoms with Crippen LogP contribution in [0.25, 0.3) is 0 Å². The lowest BCUT2D eigenvalue weighted by Gasteiger charge is -2.08. The third-order valence-electron chi connectivity index (χ3n) is 4.30. The molecule has 0 spiro atoms. The molecule has 3 aromatic rings. The van der Waals surface area contributed by atoms with Crippen molar-refractivity contribution in [1.29, 1.82) is 0 Å². The number of carbonyl (C=O) groups is 3. The first kappa shape index (κ1) is 22.8. The second kappa shape index (κ2) is 9.92. The average Bonchev–Trinajstić information content (AvgIpc) is 3.25. The minimum absolute atomic E-state index is 0.109. The summed E-state index contributed by atoms with van der Waals surface area (Å²) in [6, 6.07) is 15.1. The number of benzene rings is 2. The van der Waals surface area contributed by atoms with Crippen LogP contribution in [0.5, 0.6) is 0 Å². The predicted octanol–water partition coefficient (Wildman–Crippen LogP) is 2.84. The number of carbonyl (C=O) groups excluding carboxylic acids is 3. The Morgan fingerprint density at radius 3 is 2.28 bits per heavy atom. The smallest absolute Gasteiger partial charge is 0.375 e. The zero-order valence-electron chi connectivity index (χ0n) is 16.9. The molecule has 10 heteroatoms. The number of esters is 2. The predicted molar refractivity (Wildman–Crippen MR) is 113 cm³/mol. The Kier molecular flexibility index (Phi) is 7.06. The van der Waals surface area contributed by atoms with Crippen molar-refractivity contribution in [2.45, 2.75) is 10.6 Å². The Bertz CT molecular complexity index is 1210. The van der Waals surface area contributed by atoms with E-state index in [2.05, 4.69) is 10.1 Å². The zero-order valence-corrected chi connectivity index (χ0v) is 17.8. The molecule has 1 amide bonds. The van der Waals surface area contributed by atoms with Gasteiger partial charge in [0.25, 0.3) is 5.91 Å². The normalized spacial score (nSPS) is 10.9. The van der Waals surface area contributed by atoms with Gasteiger partial charge in [-0.1, -0.05) is 18.2 Å². The van der Waals surface area contributed by atoms with Crippen LogP contribution in [0.4, 0.5) is 5.69 Å². The fourth-order valence-corrected chi connectivity index (χ4v) is 4.12. The van der Waals surface area contributed by atoms with Gasteiger partial charge >= 0.3 is 11.9 Å². The standard InChI is InChI=1S/C22H19NO8S/c1-29-21(25)15-7-9-17(10-8-15)23-19(24)13-31-22(26)20-16(11-12-30-20)14-32(27,28)18-5-3-2-4-6-18/h2-12H,13-14H2,1H3,(H,23,24). The van der Waals surface area contributed by atoms with Gasteiger partial charge in [-0.15, -0.1) is 0 Å². The van der Waals surface area contributed by atoms with Crippen LogP contribution in [0.1, 0.15) is 26.5 Å². The molecule has 1 N–H and O–H groups in total. The van der Waals surface area contributed by atoms with Crippen molar-refractivity contribution in [1.82, 2.24) is 0 Å². The number of amides is 1. The van der Waals surface area contributed by atoms with E-state index < -0.39 is 40.0 Å². The van der Waals surface area contributed by atoms with E-state index in [0.717, 1.165) is 0 Å². The van der Waals surface area contributed by atoms with E-state index in [9.17, 15) is 22.8 Å². The van der Waals surface area contributed by atoms with Crippen molar-refractivity contribution < 1.29 is 36.7 Å². The van der Waals surface area contributed by atoms with Gasteiger partial charge in [0.15, 0.2) is 16.4 Å². The third kappa shape index (κ3) is 5.61. The van der Waals surface area contributed by atoms with E-state index in [1.54, 1.807) is 18.2 Å². The number of furan rings is 1. The molecular weight excluding hydrogens is 438 g/mol. The summed E-state index contributed by atoms with van der Waals surface area (Å²) in [7, 11) is -2.45. The Hall–Kier alpha value is -3.92. The molecule has 32 heavy (non-hydrogen) atoms. The maximum atomic E-state index is 12.5. The molecule has 0 aliphatic rings. The van der Waals surface area contributed by atoms with E-state index in [1.165, 1.54) is 55.8 Å². The van der Waals surface area contributed by atoms with E-state index in [1.807, 2.05) is 0 Å². The van der Waals surface area contributed by atoms with Gasteiger partial charge < -0.3 is 19.2 Å². The minimum atomic E-state index is -3.70. The highest BCUT2D eigenvalue weighted by Crippen LogP contribution is 2.20. The Morgan fingerprint density at radius 2 is 1.62 bits per heavy atom. The number of nitrogens with one attached hydrogen (secondary N) is 1. The molecule has 0 aliphatic heterocycles. The molecule has 3 rings (SSSR count). The Labute approximate surface area is 183 Å². The summed E-state index contributed by atoms with van der Waals surface area (Å²) in [6.07, 6.45) is 1.18. The summed E-state index contributed by atoms with van der Waals surface area (Å²) in [4.78, 5) is 35.9. The van der Waals surface area contributed by atoms with Crippen LogP contribution in [-0.4, -0.2) is 40.0 Å². The SMILES string of the molecule is COC(=O)c1ccc(NC(=O)COC(=O)c2occc2CS(=O)(=O)c2ccccc2)cc1. The van der Waals surface area contributed by atoms with Gasteiger partial charge in [0.2, 0.25) is 5.76 Å². The molecule has 2 aromatic carbocycles. The molecule has 0 saturated heterocycles. The maximum absolute atomic E-state index is 12.5. The highest BCUT2D eigenvalue weighted by Gasteiger charge is 2.24. The van der Waals surface area contributed by atoms with Crippen molar-refractivity contribution in [3.05, 3.63) is 83.8 Å². The second-order valence-electron chi connectivity index (χ2n) is 6.54. The van der Waals surface area contributed by atoms with E-state index in [0.29, 0.717) is 11.3 Å². The van der Waals surface area contributed by atoms with E-state index in [-0.39, 0.29) is 16.2 Å². The molecule has 0 bridgehead atoms. The van der Waals surface area contributed by atoms with Crippen LogP contribution in [0, 0.1) is 0 Å². The van der Waals surface area contributed by atoms with Crippen LogP contribution in [0.3, 0.4) is 0 Å². The van der Waals surface area contributed by atoms with E-state index in [4.69, 9.17) is 9.15 Å². The van der Waals surface area contributed by atoms with Crippen LogP contribution in [0.15, 0.2) is 76.2 Å². The summed E-state index contributed by atoms with van der Waals surface area (Å²) in [5, 5.41) is 2.51. The van der Waals surface area contributed by atoms with Crippen molar-refractivity contribution in [3.8, 4) is 0 Å². The third-order valence-corrected chi connectivity index (χ3v) is 5.99. The molecule has 0 saturated carbocycles. The molecule has 1 aromatic heterocycles. The molecule has 0 unspecified atom stereocenters. The Morgan fingerprint density at radius 1 is 0.938 bits per heavy atom. The van der Waals surface area contributed by atoms with Gasteiger partial charge in [0.05, 0.1) is 29.6 Å². The van der Waals surface area contributed by atoms with Crippen molar-refractivity contribution in [2.75, 3.05) is 19.0 Å². The topological polar surface area (TPSA) is 129 Å².